The van der Waals surface area contributed by atoms with Crippen LogP contribution in [0.5, 0.6) is 0 Å². The number of amides is 1. The highest BCUT2D eigenvalue weighted by atomic mass is 32.2. The van der Waals surface area contributed by atoms with Crippen LogP contribution in [0.2, 0.25) is 0 Å². The van der Waals surface area contributed by atoms with Gasteiger partial charge in [0.15, 0.2) is 0 Å². The maximum Gasteiger partial charge on any atom is 0.326 e. The maximum absolute atomic E-state index is 13.2. The second-order valence-electron chi connectivity index (χ2n) is 7.55. The molecule has 4 aromatic rings. The maximum atomic E-state index is 13.2. The fourth-order valence-electron chi connectivity index (χ4n) is 3.82. The predicted molar refractivity (Wildman–Crippen MR) is 125 cm³/mol. The van der Waals surface area contributed by atoms with E-state index in [9.17, 15) is 23.1 Å². The van der Waals surface area contributed by atoms with E-state index < -0.39 is 22.0 Å². The van der Waals surface area contributed by atoms with Gasteiger partial charge in [-0.1, -0.05) is 30.3 Å². The van der Waals surface area contributed by atoms with Crippen LogP contribution in [0.25, 0.3) is 5.69 Å². The fraction of sp³-hybridized carbons (Fsp3) is 0.0870. The van der Waals surface area contributed by atoms with Gasteiger partial charge < -0.3 is 10.4 Å². The molecule has 0 bridgehead atoms. The van der Waals surface area contributed by atoms with Gasteiger partial charge in [0.1, 0.15) is 6.04 Å². The monoisotopic (exact) mass is 494 g/mol. The summed E-state index contributed by atoms with van der Waals surface area (Å²) in [7, 11) is -4.05. The van der Waals surface area contributed by atoms with Gasteiger partial charge >= 0.3 is 5.97 Å². The largest absolute Gasteiger partial charge is 0.480 e. The van der Waals surface area contributed by atoms with E-state index in [1.165, 1.54) is 6.07 Å². The molecule has 2 aromatic carbocycles. The molecule has 0 saturated carbocycles. The third-order valence-electron chi connectivity index (χ3n) is 5.43. The summed E-state index contributed by atoms with van der Waals surface area (Å²) in [6, 6.07) is 16.9. The Morgan fingerprint density at radius 1 is 1.06 bits per heavy atom. The number of hydrogen-bond donors (Lipinski definition) is 2. The van der Waals surface area contributed by atoms with E-state index in [1.54, 1.807) is 77.7 Å². The van der Waals surface area contributed by atoms with Crippen LogP contribution in [0.3, 0.4) is 0 Å². The molecule has 3 heterocycles. The molecule has 11 heteroatoms. The summed E-state index contributed by atoms with van der Waals surface area (Å²) in [5, 5.41) is 17.0. The summed E-state index contributed by atoms with van der Waals surface area (Å²) in [6.45, 7) is -0.0807. The smallest absolute Gasteiger partial charge is 0.326 e. The van der Waals surface area contributed by atoms with Crippen molar-refractivity contribution in [3.8, 4) is 5.69 Å². The quantitative estimate of drug-likeness (QED) is 0.423. The number of nitrogens with one attached hydrogen (secondary N) is 1. The Kier molecular flexibility index (Phi) is 5.52. The normalized spacial score (nSPS) is 15.5. The SMILES string of the molecule is O=C(Nc1cc2c(s1)CN([C@@H](C(=O)O)c1ccccc1)S2(=O)=O)c1ccc(-n2cccn2)cc1. The molecule has 34 heavy (non-hydrogen) atoms. The van der Waals surface area contributed by atoms with E-state index in [0.717, 1.165) is 21.3 Å². The summed E-state index contributed by atoms with van der Waals surface area (Å²) in [5.74, 6) is -1.63. The third-order valence-corrected chi connectivity index (χ3v) is 8.47. The number of carboxylic acid groups (broad SMARTS) is 1. The minimum atomic E-state index is -4.05. The molecule has 0 saturated heterocycles. The van der Waals surface area contributed by atoms with E-state index in [4.69, 9.17) is 0 Å². The number of rotatable bonds is 6. The number of aliphatic carboxylic acids is 1. The van der Waals surface area contributed by atoms with Crippen LogP contribution in [0.4, 0.5) is 5.00 Å². The highest BCUT2D eigenvalue weighted by molar-refractivity contribution is 7.89. The molecule has 1 atom stereocenters. The van der Waals surface area contributed by atoms with Crippen LogP contribution in [0.15, 0.2) is 84.0 Å². The van der Waals surface area contributed by atoms with Gasteiger partial charge in [-0.05, 0) is 42.0 Å². The van der Waals surface area contributed by atoms with Gasteiger partial charge in [0.25, 0.3) is 5.91 Å². The fourth-order valence-corrected chi connectivity index (χ4v) is 7.03. The molecule has 1 aliphatic rings. The third kappa shape index (κ3) is 3.89. The molecule has 0 aliphatic carbocycles. The van der Waals surface area contributed by atoms with Gasteiger partial charge in [0.05, 0.1) is 22.1 Å². The van der Waals surface area contributed by atoms with Crippen molar-refractivity contribution < 1.29 is 23.1 Å². The molecule has 0 spiro atoms. The zero-order chi connectivity index (χ0) is 23.9. The molecule has 0 unspecified atom stereocenters. The Bertz CT molecular complexity index is 1460. The van der Waals surface area contributed by atoms with Crippen molar-refractivity contribution in [3.63, 3.8) is 0 Å². The molecule has 9 nitrogen and oxygen atoms in total. The first kappa shape index (κ1) is 22.0. The minimum absolute atomic E-state index is 0.0176. The number of sulfonamides is 1. The first-order valence-corrected chi connectivity index (χ1v) is 12.4. The average Bonchev–Trinajstić information content (AvgIpc) is 3.54. The van der Waals surface area contributed by atoms with E-state index in [1.807, 2.05) is 0 Å². The topological polar surface area (TPSA) is 122 Å². The lowest BCUT2D eigenvalue weighted by Crippen LogP contribution is -2.34. The van der Waals surface area contributed by atoms with Crippen molar-refractivity contribution in [1.29, 1.82) is 0 Å². The van der Waals surface area contributed by atoms with Gasteiger partial charge in [0.2, 0.25) is 10.0 Å². The number of carbonyl (C=O) groups is 2. The lowest BCUT2D eigenvalue weighted by atomic mass is 10.1. The van der Waals surface area contributed by atoms with Crippen molar-refractivity contribution >= 4 is 38.2 Å². The van der Waals surface area contributed by atoms with Crippen LogP contribution in [0, 0.1) is 0 Å². The number of thiophene rings is 1. The first-order valence-electron chi connectivity index (χ1n) is 10.2. The Hall–Kier alpha value is -3.80. The van der Waals surface area contributed by atoms with Gasteiger partial charge in [0, 0.05) is 22.8 Å². The summed E-state index contributed by atoms with van der Waals surface area (Å²) in [4.78, 5) is 25.1. The van der Waals surface area contributed by atoms with E-state index in [-0.39, 0.29) is 17.3 Å². The Morgan fingerprint density at radius 3 is 2.41 bits per heavy atom. The van der Waals surface area contributed by atoms with Gasteiger partial charge in [-0.2, -0.15) is 9.40 Å². The average molecular weight is 495 g/mol. The number of anilines is 1. The van der Waals surface area contributed by atoms with Crippen LogP contribution >= 0.6 is 11.3 Å². The molecular weight excluding hydrogens is 476 g/mol. The van der Waals surface area contributed by atoms with Crippen LogP contribution < -0.4 is 5.32 Å². The van der Waals surface area contributed by atoms with Gasteiger partial charge in [-0.25, -0.2) is 13.1 Å². The lowest BCUT2D eigenvalue weighted by molar-refractivity contribution is -0.141. The lowest BCUT2D eigenvalue weighted by Gasteiger charge is -2.23. The number of hydrogen-bond acceptors (Lipinski definition) is 6. The Morgan fingerprint density at radius 2 is 1.79 bits per heavy atom. The Labute approximate surface area is 198 Å². The van der Waals surface area contributed by atoms with Crippen molar-refractivity contribution in [1.82, 2.24) is 14.1 Å². The van der Waals surface area contributed by atoms with Crippen LogP contribution in [-0.2, 0) is 21.4 Å². The molecule has 172 valence electrons. The van der Waals surface area contributed by atoms with Gasteiger partial charge in [-0.3, -0.25) is 9.59 Å². The van der Waals surface area contributed by atoms with Crippen LogP contribution in [-0.4, -0.2) is 39.5 Å². The summed E-state index contributed by atoms with van der Waals surface area (Å²) < 4.78 is 29.0. The zero-order valence-electron chi connectivity index (χ0n) is 17.5. The molecule has 2 aromatic heterocycles. The number of aromatic nitrogens is 2. The number of nitrogens with zero attached hydrogens (tertiary/aromatic N) is 3. The first-order chi connectivity index (χ1) is 16.3. The van der Waals surface area contributed by atoms with Gasteiger partial charge in [-0.15, -0.1) is 11.3 Å². The van der Waals surface area contributed by atoms with Crippen LogP contribution in [0.1, 0.15) is 26.8 Å². The molecule has 0 fully saturated rings. The standard InChI is InChI=1S/C23H18N4O5S2/c28-22(16-7-9-17(10-8-16)26-12-4-11-24-26)25-20-13-19-18(33-20)14-27(34(19,31)32)21(23(29)30)15-5-2-1-3-6-15/h1-13,21H,14H2,(H,25,28)(H,29,30)/t21-/m1/s1. The number of fused-ring (bicyclic) bond motifs is 1. The summed E-state index contributed by atoms with van der Waals surface area (Å²) >= 11 is 1.12. The summed E-state index contributed by atoms with van der Waals surface area (Å²) in [6.07, 6.45) is 3.45. The van der Waals surface area contributed by atoms with Crippen molar-refractivity contribution in [2.45, 2.75) is 17.5 Å². The zero-order valence-corrected chi connectivity index (χ0v) is 19.2. The van der Waals surface area contributed by atoms with E-state index >= 15 is 0 Å². The molecule has 0 radical (unpaired) electrons. The number of carbonyl (C=O) groups excluding carboxylic acids is 1. The van der Waals surface area contributed by atoms with E-state index in [0.29, 0.717) is 21.0 Å². The molecule has 1 aliphatic heterocycles. The Balaban J connectivity index is 1.35. The number of benzene rings is 2. The highest BCUT2D eigenvalue weighted by Gasteiger charge is 2.44. The number of carboxylic acids is 1. The molecular formula is C23H18N4O5S2. The molecule has 2 N–H and O–H groups in total. The minimum Gasteiger partial charge on any atom is -0.480 e. The second-order valence-corrected chi connectivity index (χ2v) is 10.5. The molecule has 1 amide bonds. The van der Waals surface area contributed by atoms with Crippen molar-refractivity contribution in [2.24, 2.45) is 0 Å². The van der Waals surface area contributed by atoms with Crippen molar-refractivity contribution in [2.75, 3.05) is 5.32 Å². The summed E-state index contributed by atoms with van der Waals surface area (Å²) in [5.41, 5.74) is 1.58. The van der Waals surface area contributed by atoms with Crippen molar-refractivity contribution in [3.05, 3.63) is 95.1 Å². The molecule has 5 rings (SSSR count). The van der Waals surface area contributed by atoms with E-state index in [2.05, 4.69) is 10.4 Å². The predicted octanol–water partition coefficient (Wildman–Crippen LogP) is 3.52. The highest BCUT2D eigenvalue weighted by Crippen LogP contribution is 2.43. The second kappa shape index (κ2) is 8.52.